The van der Waals surface area contributed by atoms with Gasteiger partial charge in [-0.2, -0.15) is 18.9 Å². The number of ether oxygens (including phenoxy) is 1. The first-order valence-corrected chi connectivity index (χ1v) is 8.22. The fourth-order valence-corrected chi connectivity index (χ4v) is 2.98. The lowest BCUT2D eigenvalue weighted by Gasteiger charge is -2.24. The lowest BCUT2D eigenvalue weighted by molar-refractivity contribution is -0.0498. The zero-order valence-electron chi connectivity index (χ0n) is 14.2. The van der Waals surface area contributed by atoms with E-state index in [1.165, 1.54) is 24.3 Å². The standard InChI is InChI=1S/C19H15F3N4O/c1-11-23-19-24-16(12-4-8-15(9-5-12)27-18(21)22)10-17(26(19)25-11)13-2-6-14(20)7-3-13/h2-10,17-18H,1H3,(H,23,24,25)/t17-/m1/s1. The number of halogens is 3. The van der Waals surface area contributed by atoms with E-state index in [4.69, 9.17) is 0 Å². The third kappa shape index (κ3) is 3.51. The highest BCUT2D eigenvalue weighted by molar-refractivity contribution is 5.77. The molecule has 0 saturated carbocycles. The minimum atomic E-state index is -2.87. The third-order valence-electron chi connectivity index (χ3n) is 4.17. The molecule has 1 aromatic heterocycles. The predicted molar refractivity (Wildman–Crippen MR) is 94.0 cm³/mol. The molecule has 3 aromatic rings. The highest BCUT2D eigenvalue weighted by Crippen LogP contribution is 2.33. The lowest BCUT2D eigenvalue weighted by atomic mass is 10.0. The normalized spacial score (nSPS) is 15.9. The van der Waals surface area contributed by atoms with Crippen molar-refractivity contribution in [3.05, 3.63) is 77.4 Å². The van der Waals surface area contributed by atoms with Crippen molar-refractivity contribution in [2.45, 2.75) is 19.6 Å². The monoisotopic (exact) mass is 372 g/mol. The molecule has 4 rings (SSSR count). The number of fused-ring (bicyclic) bond motifs is 1. The SMILES string of the molecule is Cc1nc2n(n1)[C@@H](c1ccc(F)cc1)C=C(c1ccc(OC(F)F)cc1)N2. The van der Waals surface area contributed by atoms with Crippen molar-refractivity contribution in [3.8, 4) is 5.75 Å². The topological polar surface area (TPSA) is 52.0 Å². The van der Waals surface area contributed by atoms with Gasteiger partial charge in [0.05, 0.1) is 0 Å². The molecule has 2 heterocycles. The van der Waals surface area contributed by atoms with Crippen molar-refractivity contribution in [1.82, 2.24) is 14.8 Å². The molecule has 1 N–H and O–H groups in total. The lowest BCUT2D eigenvalue weighted by Crippen LogP contribution is -2.20. The van der Waals surface area contributed by atoms with Gasteiger partial charge in [-0.25, -0.2) is 9.07 Å². The summed E-state index contributed by atoms with van der Waals surface area (Å²) in [5.74, 6) is 0.910. The van der Waals surface area contributed by atoms with Gasteiger partial charge in [0.2, 0.25) is 5.95 Å². The molecule has 0 unspecified atom stereocenters. The number of benzene rings is 2. The Morgan fingerprint density at radius 3 is 2.44 bits per heavy atom. The summed E-state index contributed by atoms with van der Waals surface area (Å²) in [7, 11) is 0. The van der Waals surface area contributed by atoms with Crippen LogP contribution in [0, 0.1) is 12.7 Å². The molecule has 1 aliphatic heterocycles. The number of rotatable bonds is 4. The summed E-state index contributed by atoms with van der Waals surface area (Å²) < 4.78 is 44.0. The Hall–Kier alpha value is -3.29. The van der Waals surface area contributed by atoms with Crippen molar-refractivity contribution in [3.63, 3.8) is 0 Å². The molecule has 0 bridgehead atoms. The van der Waals surface area contributed by atoms with Crippen LogP contribution in [0.2, 0.25) is 0 Å². The van der Waals surface area contributed by atoms with Gasteiger partial charge in [0.15, 0.2) is 0 Å². The van der Waals surface area contributed by atoms with E-state index in [0.29, 0.717) is 11.8 Å². The van der Waals surface area contributed by atoms with E-state index < -0.39 is 6.61 Å². The van der Waals surface area contributed by atoms with Crippen LogP contribution in [0.25, 0.3) is 5.70 Å². The Balaban J connectivity index is 1.71. The number of aryl methyl sites for hydroxylation is 1. The Kier molecular flexibility index (Phi) is 4.31. The fourth-order valence-electron chi connectivity index (χ4n) is 2.98. The van der Waals surface area contributed by atoms with E-state index in [2.05, 4.69) is 20.1 Å². The van der Waals surface area contributed by atoms with Crippen molar-refractivity contribution in [2.75, 3.05) is 5.32 Å². The van der Waals surface area contributed by atoms with Crippen LogP contribution >= 0.6 is 0 Å². The third-order valence-corrected chi connectivity index (χ3v) is 4.17. The number of alkyl halides is 2. The highest BCUT2D eigenvalue weighted by atomic mass is 19.3. The maximum atomic E-state index is 13.3. The summed E-state index contributed by atoms with van der Waals surface area (Å²) in [6.45, 7) is -1.09. The van der Waals surface area contributed by atoms with Crippen molar-refractivity contribution in [2.24, 2.45) is 0 Å². The van der Waals surface area contributed by atoms with Crippen LogP contribution in [-0.4, -0.2) is 21.4 Å². The number of hydrogen-bond donors (Lipinski definition) is 1. The summed E-state index contributed by atoms with van der Waals surface area (Å²) in [5.41, 5.74) is 2.36. The van der Waals surface area contributed by atoms with Crippen molar-refractivity contribution < 1.29 is 17.9 Å². The molecule has 2 aromatic carbocycles. The van der Waals surface area contributed by atoms with Gasteiger partial charge in [0.1, 0.15) is 23.4 Å². The van der Waals surface area contributed by atoms with E-state index >= 15 is 0 Å². The van der Waals surface area contributed by atoms with Gasteiger partial charge < -0.3 is 10.1 Å². The first kappa shape index (κ1) is 17.1. The summed E-state index contributed by atoms with van der Waals surface area (Å²) in [5, 5.41) is 7.60. The second kappa shape index (κ2) is 6.79. The zero-order valence-corrected chi connectivity index (χ0v) is 14.2. The minimum absolute atomic E-state index is 0.0826. The average molecular weight is 372 g/mol. The first-order chi connectivity index (χ1) is 13.0. The molecule has 0 aliphatic carbocycles. The molecule has 138 valence electrons. The number of aromatic nitrogens is 3. The molecule has 0 spiro atoms. The molecular formula is C19H15F3N4O. The Morgan fingerprint density at radius 2 is 1.78 bits per heavy atom. The van der Waals surface area contributed by atoms with Crippen molar-refractivity contribution in [1.29, 1.82) is 0 Å². The maximum Gasteiger partial charge on any atom is 0.387 e. The molecule has 27 heavy (non-hydrogen) atoms. The molecule has 0 fully saturated rings. The Bertz CT molecular complexity index is 981. The summed E-state index contributed by atoms with van der Waals surface area (Å²) in [4.78, 5) is 4.38. The second-order valence-electron chi connectivity index (χ2n) is 6.03. The molecule has 0 amide bonds. The maximum absolute atomic E-state index is 13.3. The van der Waals surface area contributed by atoms with Crippen LogP contribution in [0.5, 0.6) is 5.75 Å². The molecule has 0 saturated heterocycles. The van der Waals surface area contributed by atoms with Gasteiger partial charge in [-0.1, -0.05) is 12.1 Å². The molecular weight excluding hydrogens is 357 g/mol. The number of allylic oxidation sites excluding steroid dienone is 1. The van der Waals surface area contributed by atoms with Crippen molar-refractivity contribution >= 4 is 11.6 Å². The summed E-state index contributed by atoms with van der Waals surface area (Å²) in [6.07, 6.45) is 1.93. The zero-order chi connectivity index (χ0) is 19.0. The summed E-state index contributed by atoms with van der Waals surface area (Å²) in [6, 6.07) is 12.2. The van der Waals surface area contributed by atoms with E-state index in [-0.39, 0.29) is 17.6 Å². The average Bonchev–Trinajstić information content (AvgIpc) is 3.02. The number of nitrogens with one attached hydrogen (secondary N) is 1. The molecule has 0 radical (unpaired) electrons. The largest absolute Gasteiger partial charge is 0.435 e. The Labute approximate surface area is 153 Å². The van der Waals surface area contributed by atoms with Gasteiger partial charge in [-0.05, 0) is 60.5 Å². The van der Waals surface area contributed by atoms with Crippen LogP contribution in [0.3, 0.4) is 0 Å². The Morgan fingerprint density at radius 1 is 1.07 bits per heavy atom. The predicted octanol–water partition coefficient (Wildman–Crippen LogP) is 4.38. The minimum Gasteiger partial charge on any atom is -0.435 e. The van der Waals surface area contributed by atoms with E-state index in [1.54, 1.807) is 35.9 Å². The molecule has 1 atom stereocenters. The molecule has 5 nitrogen and oxygen atoms in total. The summed E-state index contributed by atoms with van der Waals surface area (Å²) >= 11 is 0. The van der Waals surface area contributed by atoms with Crippen LogP contribution in [0.4, 0.5) is 19.1 Å². The van der Waals surface area contributed by atoms with Gasteiger partial charge in [0, 0.05) is 5.70 Å². The first-order valence-electron chi connectivity index (χ1n) is 8.22. The van der Waals surface area contributed by atoms with Gasteiger partial charge in [0.25, 0.3) is 0 Å². The van der Waals surface area contributed by atoms with Crippen LogP contribution in [0.15, 0.2) is 54.6 Å². The van der Waals surface area contributed by atoms with Crippen LogP contribution < -0.4 is 10.1 Å². The van der Waals surface area contributed by atoms with Crippen LogP contribution in [-0.2, 0) is 0 Å². The van der Waals surface area contributed by atoms with Gasteiger partial charge in [-0.15, -0.1) is 0 Å². The van der Waals surface area contributed by atoms with E-state index in [9.17, 15) is 13.2 Å². The van der Waals surface area contributed by atoms with E-state index in [0.717, 1.165) is 16.8 Å². The van der Waals surface area contributed by atoms with Gasteiger partial charge >= 0.3 is 6.61 Å². The number of anilines is 1. The highest BCUT2D eigenvalue weighted by Gasteiger charge is 2.24. The molecule has 1 aliphatic rings. The fraction of sp³-hybridized carbons (Fsp3) is 0.158. The second-order valence-corrected chi connectivity index (χ2v) is 6.03. The number of nitrogens with zero attached hydrogens (tertiary/aromatic N) is 3. The van der Waals surface area contributed by atoms with Crippen LogP contribution in [0.1, 0.15) is 23.0 Å². The number of hydrogen-bond acceptors (Lipinski definition) is 4. The van der Waals surface area contributed by atoms with E-state index in [1.807, 2.05) is 6.08 Å². The molecule has 8 heteroatoms. The smallest absolute Gasteiger partial charge is 0.387 e. The quantitative estimate of drug-likeness (QED) is 0.738. The van der Waals surface area contributed by atoms with Gasteiger partial charge in [-0.3, -0.25) is 0 Å².